The molecule has 0 spiro atoms. The standard InChI is InChI=1S/C22H23N9O4S/c1-30(21-23-10-14(11-24-21)20(32)29-33)12-15-7-16-17(36-15)19(31-3-5-35-6-4-31)28-18(27-16)13-8-25-22(34-2)26-9-13/h7-11,33H,3-6,12H2,1-2H3,(H,29,32). The number of hydrogen-bond acceptors (Lipinski definition) is 13. The normalized spacial score (nSPS) is 13.6. The van der Waals surface area contributed by atoms with Gasteiger partial charge in [-0.1, -0.05) is 0 Å². The van der Waals surface area contributed by atoms with Gasteiger partial charge in [-0.15, -0.1) is 11.3 Å². The van der Waals surface area contributed by atoms with Crippen molar-refractivity contribution in [2.75, 3.05) is 50.3 Å². The lowest BCUT2D eigenvalue weighted by Gasteiger charge is -2.28. The van der Waals surface area contributed by atoms with E-state index in [-0.39, 0.29) is 11.6 Å². The van der Waals surface area contributed by atoms with Crippen LogP contribution in [0.5, 0.6) is 6.01 Å². The fourth-order valence-corrected chi connectivity index (χ4v) is 4.87. The third kappa shape index (κ3) is 4.86. The lowest BCUT2D eigenvalue weighted by atomic mass is 10.3. The van der Waals surface area contributed by atoms with E-state index in [1.165, 1.54) is 19.5 Å². The number of aromatic nitrogens is 6. The van der Waals surface area contributed by atoms with Gasteiger partial charge in [-0.05, 0) is 6.07 Å². The van der Waals surface area contributed by atoms with E-state index in [0.29, 0.717) is 37.1 Å². The Bertz CT molecular complexity index is 1360. The van der Waals surface area contributed by atoms with E-state index >= 15 is 0 Å². The highest BCUT2D eigenvalue weighted by Crippen LogP contribution is 2.35. The van der Waals surface area contributed by atoms with Crippen LogP contribution in [0, 0.1) is 0 Å². The van der Waals surface area contributed by atoms with Crippen LogP contribution in [0.1, 0.15) is 15.2 Å². The van der Waals surface area contributed by atoms with Crippen LogP contribution in [0.3, 0.4) is 0 Å². The van der Waals surface area contributed by atoms with E-state index in [2.05, 4.69) is 24.8 Å². The molecule has 0 aromatic carbocycles. The van der Waals surface area contributed by atoms with Crippen LogP contribution in [-0.4, -0.2) is 81.5 Å². The number of carbonyl (C=O) groups is 1. The van der Waals surface area contributed by atoms with Crippen LogP contribution < -0.4 is 20.0 Å². The maximum absolute atomic E-state index is 11.5. The monoisotopic (exact) mass is 509 g/mol. The highest BCUT2D eigenvalue weighted by atomic mass is 32.1. The first-order valence-electron chi connectivity index (χ1n) is 11.0. The first kappa shape index (κ1) is 23.7. The van der Waals surface area contributed by atoms with Gasteiger partial charge in [-0.25, -0.2) is 35.4 Å². The van der Waals surface area contributed by atoms with Crippen molar-refractivity contribution in [1.29, 1.82) is 0 Å². The number of morpholine rings is 1. The van der Waals surface area contributed by atoms with Crippen molar-refractivity contribution in [3.8, 4) is 17.4 Å². The Kier molecular flexibility index (Phi) is 6.79. The van der Waals surface area contributed by atoms with E-state index in [0.717, 1.165) is 34.0 Å². The minimum atomic E-state index is -0.666. The molecule has 0 radical (unpaired) electrons. The molecule has 1 saturated heterocycles. The Morgan fingerprint density at radius 3 is 2.56 bits per heavy atom. The number of carbonyl (C=O) groups excluding carboxylic acids is 1. The van der Waals surface area contributed by atoms with Crippen LogP contribution in [-0.2, 0) is 11.3 Å². The number of thiophene rings is 1. The molecule has 186 valence electrons. The number of methoxy groups -OCH3 is 1. The number of anilines is 2. The SMILES string of the molecule is COc1ncc(-c2nc(N3CCOCC3)c3sc(CN(C)c4ncc(C(=O)NO)cn4)cc3n2)cn1. The first-order chi connectivity index (χ1) is 17.6. The number of ether oxygens (including phenoxy) is 2. The van der Waals surface area contributed by atoms with Gasteiger partial charge in [0.2, 0.25) is 5.95 Å². The number of nitrogens with zero attached hydrogens (tertiary/aromatic N) is 8. The second-order valence-corrected chi connectivity index (χ2v) is 9.06. The molecule has 14 heteroatoms. The molecule has 36 heavy (non-hydrogen) atoms. The molecule has 5 heterocycles. The average molecular weight is 510 g/mol. The van der Waals surface area contributed by atoms with Crippen molar-refractivity contribution in [3.63, 3.8) is 0 Å². The summed E-state index contributed by atoms with van der Waals surface area (Å²) in [5.74, 6) is 1.16. The summed E-state index contributed by atoms with van der Waals surface area (Å²) in [6, 6.07) is 2.31. The van der Waals surface area contributed by atoms with Crippen molar-refractivity contribution < 1.29 is 19.5 Å². The van der Waals surface area contributed by atoms with E-state index in [9.17, 15) is 4.79 Å². The Labute approximate surface area is 209 Å². The minimum absolute atomic E-state index is 0.164. The smallest absolute Gasteiger partial charge is 0.316 e. The van der Waals surface area contributed by atoms with E-state index in [1.807, 2.05) is 18.0 Å². The van der Waals surface area contributed by atoms with Gasteiger partial charge in [0.05, 0.1) is 48.2 Å². The number of nitrogens with one attached hydrogen (secondary N) is 1. The molecule has 2 N–H and O–H groups in total. The molecule has 0 saturated carbocycles. The predicted octanol–water partition coefficient (Wildman–Crippen LogP) is 1.54. The first-order valence-corrected chi connectivity index (χ1v) is 11.8. The molecule has 0 bridgehead atoms. The highest BCUT2D eigenvalue weighted by Gasteiger charge is 2.21. The van der Waals surface area contributed by atoms with Gasteiger partial charge < -0.3 is 19.3 Å². The molecule has 0 aliphatic carbocycles. The fourth-order valence-electron chi connectivity index (χ4n) is 3.70. The summed E-state index contributed by atoms with van der Waals surface area (Å²) in [4.78, 5) is 43.2. The third-order valence-electron chi connectivity index (χ3n) is 5.52. The number of rotatable bonds is 7. The summed E-state index contributed by atoms with van der Waals surface area (Å²) in [5.41, 5.74) is 3.25. The van der Waals surface area contributed by atoms with Gasteiger partial charge in [-0.3, -0.25) is 10.0 Å². The predicted molar refractivity (Wildman–Crippen MR) is 131 cm³/mol. The zero-order chi connectivity index (χ0) is 25.1. The van der Waals surface area contributed by atoms with Gasteiger partial charge in [-0.2, -0.15) is 0 Å². The maximum atomic E-state index is 11.5. The molecule has 1 aliphatic rings. The summed E-state index contributed by atoms with van der Waals surface area (Å²) in [6.45, 7) is 3.26. The zero-order valence-corrected chi connectivity index (χ0v) is 20.4. The van der Waals surface area contributed by atoms with E-state index < -0.39 is 5.91 Å². The molecular formula is C22H23N9O4S. The van der Waals surface area contributed by atoms with Crippen molar-refractivity contribution in [2.24, 2.45) is 0 Å². The van der Waals surface area contributed by atoms with Gasteiger partial charge in [0.15, 0.2) is 11.6 Å². The van der Waals surface area contributed by atoms with E-state index in [4.69, 9.17) is 24.6 Å². The van der Waals surface area contributed by atoms with Crippen molar-refractivity contribution in [1.82, 2.24) is 35.4 Å². The Morgan fingerprint density at radius 1 is 1.17 bits per heavy atom. The lowest BCUT2D eigenvalue weighted by molar-refractivity contribution is 0.0705. The average Bonchev–Trinajstić information content (AvgIpc) is 3.35. The van der Waals surface area contributed by atoms with Crippen molar-refractivity contribution >= 4 is 39.2 Å². The fraction of sp³-hybridized carbons (Fsp3) is 0.318. The van der Waals surface area contributed by atoms with Gasteiger partial charge >= 0.3 is 6.01 Å². The molecule has 13 nitrogen and oxygen atoms in total. The Morgan fingerprint density at radius 2 is 1.89 bits per heavy atom. The summed E-state index contributed by atoms with van der Waals surface area (Å²) < 4.78 is 11.6. The van der Waals surface area contributed by atoms with Crippen molar-refractivity contribution in [2.45, 2.75) is 6.54 Å². The largest absolute Gasteiger partial charge is 0.467 e. The molecule has 0 atom stereocenters. The Balaban J connectivity index is 1.47. The summed E-state index contributed by atoms with van der Waals surface area (Å²) in [7, 11) is 3.38. The van der Waals surface area contributed by atoms with Gasteiger partial charge in [0.25, 0.3) is 5.91 Å². The summed E-state index contributed by atoms with van der Waals surface area (Å²) >= 11 is 1.61. The molecular weight excluding hydrogens is 486 g/mol. The number of hydroxylamine groups is 1. The van der Waals surface area contributed by atoms with Crippen LogP contribution in [0.25, 0.3) is 21.6 Å². The lowest BCUT2D eigenvalue weighted by Crippen LogP contribution is -2.36. The maximum Gasteiger partial charge on any atom is 0.316 e. The summed E-state index contributed by atoms with van der Waals surface area (Å²) in [5, 5.41) is 8.76. The van der Waals surface area contributed by atoms with Crippen LogP contribution in [0.15, 0.2) is 30.9 Å². The molecule has 4 aromatic rings. The Hall–Kier alpha value is -4.01. The second kappa shape index (κ2) is 10.3. The number of hydrogen-bond donors (Lipinski definition) is 2. The third-order valence-corrected chi connectivity index (χ3v) is 6.63. The number of amides is 1. The molecule has 1 amide bonds. The molecule has 5 rings (SSSR count). The van der Waals surface area contributed by atoms with Gasteiger partial charge in [0, 0.05) is 49.8 Å². The topological polar surface area (TPSA) is 152 Å². The van der Waals surface area contributed by atoms with Crippen LogP contribution >= 0.6 is 11.3 Å². The molecule has 4 aromatic heterocycles. The van der Waals surface area contributed by atoms with Crippen molar-refractivity contribution in [3.05, 3.63) is 41.3 Å². The molecule has 1 aliphatic heterocycles. The molecule has 1 fully saturated rings. The quantitative estimate of drug-likeness (QED) is 0.274. The number of fused-ring (bicyclic) bond motifs is 1. The van der Waals surface area contributed by atoms with Gasteiger partial charge in [0.1, 0.15) is 0 Å². The van der Waals surface area contributed by atoms with Crippen LogP contribution in [0.4, 0.5) is 11.8 Å². The van der Waals surface area contributed by atoms with Crippen LogP contribution in [0.2, 0.25) is 0 Å². The second-order valence-electron chi connectivity index (χ2n) is 7.92. The molecule has 0 unspecified atom stereocenters. The van der Waals surface area contributed by atoms with E-state index in [1.54, 1.807) is 29.2 Å². The highest BCUT2D eigenvalue weighted by molar-refractivity contribution is 7.19. The minimum Gasteiger partial charge on any atom is -0.467 e. The zero-order valence-electron chi connectivity index (χ0n) is 19.6. The summed E-state index contributed by atoms with van der Waals surface area (Å²) in [6.07, 6.45) is 6.02.